The average molecular weight is 440 g/mol. The third kappa shape index (κ3) is 3.42. The summed E-state index contributed by atoms with van der Waals surface area (Å²) in [5.41, 5.74) is 4.34. The van der Waals surface area contributed by atoms with Crippen LogP contribution in [0.2, 0.25) is 0 Å². The van der Waals surface area contributed by atoms with Crippen molar-refractivity contribution < 1.29 is 23.4 Å². The predicted molar refractivity (Wildman–Crippen MR) is 114 cm³/mol. The van der Waals surface area contributed by atoms with Crippen LogP contribution >= 0.6 is 0 Å². The van der Waals surface area contributed by atoms with Crippen molar-refractivity contribution in [2.45, 2.75) is 38.3 Å². The molecule has 1 aromatic carbocycles. The molecule has 4 heterocycles. The Morgan fingerprint density at radius 1 is 1.34 bits per heavy atom. The fraction of sp³-hybridized carbons (Fsp3) is 0.348. The molecule has 3 aromatic heterocycles. The molecule has 0 radical (unpaired) electrons. The monoisotopic (exact) mass is 440 g/mol. The molecule has 0 unspecified atom stereocenters. The van der Waals surface area contributed by atoms with Gasteiger partial charge in [0.2, 0.25) is 6.17 Å². The van der Waals surface area contributed by atoms with Crippen molar-refractivity contribution in [2.75, 3.05) is 13.2 Å². The number of alkyl halides is 1. The summed E-state index contributed by atoms with van der Waals surface area (Å²) in [6.07, 6.45) is 0.706. The first-order valence-corrected chi connectivity index (χ1v) is 10.5. The minimum absolute atomic E-state index is 0.0239. The summed E-state index contributed by atoms with van der Waals surface area (Å²) in [7, 11) is 0. The summed E-state index contributed by atoms with van der Waals surface area (Å²) in [6.45, 7) is 2.81. The van der Waals surface area contributed by atoms with Crippen LogP contribution in [0.15, 0.2) is 30.5 Å². The Balaban J connectivity index is 1.85. The van der Waals surface area contributed by atoms with Crippen molar-refractivity contribution in [1.29, 1.82) is 0 Å². The third-order valence-electron chi connectivity index (χ3n) is 6.14. The molecule has 9 heteroatoms. The number of halogens is 2. The molecule has 1 aliphatic rings. The van der Waals surface area contributed by atoms with Gasteiger partial charge in [0.1, 0.15) is 5.82 Å². The van der Waals surface area contributed by atoms with Crippen LogP contribution in [0.1, 0.15) is 35.6 Å². The largest absolute Gasteiger partial charge is 0.479 e. The predicted octanol–water partition coefficient (Wildman–Crippen LogP) is 4.21. The standard InChI is InChI=1S/C23H22F2N4O3/c1-12-8-15(2-3-17(12)24)29-19-9-14-11-26-28-22(14)27-20(19)16(10-18(25)23(30)31)21(29)13-4-6-32-7-5-13/h2-3,8-9,11,13,18H,4-7,10H2,1H3,(H,30,31)(H,26,27,28)/t18-/m0/s1. The van der Waals surface area contributed by atoms with Crippen LogP contribution in [0, 0.1) is 12.7 Å². The molecular formula is C23H22F2N4O3. The number of aromatic amines is 1. The first-order chi connectivity index (χ1) is 15.4. The Labute approximate surface area is 182 Å². The molecule has 5 rings (SSSR count). The maximum atomic E-state index is 14.5. The lowest BCUT2D eigenvalue weighted by molar-refractivity contribution is -0.142. The first-order valence-electron chi connectivity index (χ1n) is 10.5. The number of fused-ring (bicyclic) bond motifs is 2. The van der Waals surface area contributed by atoms with Gasteiger partial charge in [0.15, 0.2) is 5.65 Å². The fourth-order valence-electron chi connectivity index (χ4n) is 4.56. The number of nitrogens with one attached hydrogen (secondary N) is 1. The number of H-pyrrole nitrogens is 1. The number of aliphatic carboxylic acids is 1. The molecule has 1 atom stereocenters. The number of benzene rings is 1. The summed E-state index contributed by atoms with van der Waals surface area (Å²) in [5, 5.41) is 16.9. The summed E-state index contributed by atoms with van der Waals surface area (Å²) >= 11 is 0. The zero-order chi connectivity index (χ0) is 22.4. The number of rotatable bonds is 5. The molecule has 0 spiro atoms. The lowest BCUT2D eigenvalue weighted by atomic mass is 9.91. The molecule has 1 fully saturated rings. The van der Waals surface area contributed by atoms with Gasteiger partial charge < -0.3 is 14.4 Å². The number of aromatic nitrogens is 4. The van der Waals surface area contributed by atoms with E-state index in [4.69, 9.17) is 4.74 Å². The van der Waals surface area contributed by atoms with Gasteiger partial charge in [0.25, 0.3) is 0 Å². The van der Waals surface area contributed by atoms with Crippen LogP contribution in [0.25, 0.3) is 27.8 Å². The van der Waals surface area contributed by atoms with E-state index in [1.807, 2.05) is 10.6 Å². The Bertz CT molecular complexity index is 1320. The number of carbonyl (C=O) groups is 1. The molecule has 0 bridgehead atoms. The van der Waals surface area contributed by atoms with E-state index >= 15 is 0 Å². The van der Waals surface area contributed by atoms with E-state index in [0.29, 0.717) is 53.9 Å². The molecule has 0 aliphatic carbocycles. The second kappa shape index (κ2) is 7.98. The Hall–Kier alpha value is -3.33. The minimum atomic E-state index is -2.07. The highest BCUT2D eigenvalue weighted by Crippen LogP contribution is 2.39. The quantitative estimate of drug-likeness (QED) is 0.485. The van der Waals surface area contributed by atoms with Gasteiger partial charge in [-0.15, -0.1) is 0 Å². The number of aryl methyl sites for hydroxylation is 1. The second-order valence-corrected chi connectivity index (χ2v) is 8.19. The Kier molecular flexibility index (Phi) is 5.13. The van der Waals surface area contributed by atoms with Gasteiger partial charge in [-0.1, -0.05) is 0 Å². The minimum Gasteiger partial charge on any atom is -0.479 e. The maximum Gasteiger partial charge on any atom is 0.338 e. The molecule has 4 aromatic rings. The summed E-state index contributed by atoms with van der Waals surface area (Å²) < 4.78 is 36.1. The average Bonchev–Trinajstić information content (AvgIpc) is 3.37. The molecular weight excluding hydrogens is 418 g/mol. The molecule has 32 heavy (non-hydrogen) atoms. The number of hydrogen-bond donors (Lipinski definition) is 2. The van der Waals surface area contributed by atoms with Crippen LogP contribution in [-0.2, 0) is 16.0 Å². The van der Waals surface area contributed by atoms with E-state index in [1.54, 1.807) is 25.3 Å². The molecule has 0 saturated carbocycles. The zero-order valence-corrected chi connectivity index (χ0v) is 17.4. The van der Waals surface area contributed by atoms with E-state index < -0.39 is 12.1 Å². The molecule has 166 valence electrons. The Morgan fingerprint density at radius 3 is 2.84 bits per heavy atom. The van der Waals surface area contributed by atoms with Crippen molar-refractivity contribution >= 4 is 28.0 Å². The number of carboxylic acids is 1. The van der Waals surface area contributed by atoms with Crippen LogP contribution in [0.4, 0.5) is 8.78 Å². The lowest BCUT2D eigenvalue weighted by Gasteiger charge is -2.26. The Morgan fingerprint density at radius 2 is 2.12 bits per heavy atom. The highest BCUT2D eigenvalue weighted by Gasteiger charge is 2.31. The van der Waals surface area contributed by atoms with Crippen LogP contribution in [0.5, 0.6) is 0 Å². The molecule has 1 saturated heterocycles. The van der Waals surface area contributed by atoms with E-state index in [1.165, 1.54) is 6.07 Å². The SMILES string of the molecule is Cc1cc(-n2c(C3CCOCC3)c(C[C@H](F)C(=O)O)c3nc4[nH]ncc4cc32)ccc1F. The van der Waals surface area contributed by atoms with Crippen molar-refractivity contribution in [3.05, 3.63) is 53.1 Å². The summed E-state index contributed by atoms with van der Waals surface area (Å²) in [5.74, 6) is -1.80. The summed E-state index contributed by atoms with van der Waals surface area (Å²) in [4.78, 5) is 16.1. The van der Waals surface area contributed by atoms with Crippen LogP contribution < -0.4 is 0 Å². The van der Waals surface area contributed by atoms with Gasteiger partial charge in [-0.05, 0) is 49.6 Å². The first kappa shape index (κ1) is 20.6. The van der Waals surface area contributed by atoms with Crippen molar-refractivity contribution in [3.8, 4) is 5.69 Å². The van der Waals surface area contributed by atoms with Gasteiger partial charge in [-0.2, -0.15) is 5.10 Å². The van der Waals surface area contributed by atoms with Crippen LogP contribution in [0.3, 0.4) is 0 Å². The van der Waals surface area contributed by atoms with Gasteiger partial charge >= 0.3 is 5.97 Å². The van der Waals surface area contributed by atoms with Gasteiger partial charge in [-0.25, -0.2) is 18.6 Å². The fourth-order valence-corrected chi connectivity index (χ4v) is 4.56. The lowest BCUT2D eigenvalue weighted by Crippen LogP contribution is -2.21. The van der Waals surface area contributed by atoms with Crippen molar-refractivity contribution in [3.63, 3.8) is 0 Å². The number of nitrogens with zero attached hydrogens (tertiary/aromatic N) is 3. The number of hydrogen-bond acceptors (Lipinski definition) is 4. The van der Waals surface area contributed by atoms with Gasteiger partial charge in [-0.3, -0.25) is 5.10 Å². The molecule has 1 aliphatic heterocycles. The number of ether oxygens (including phenoxy) is 1. The summed E-state index contributed by atoms with van der Waals surface area (Å²) in [6, 6.07) is 6.73. The second-order valence-electron chi connectivity index (χ2n) is 8.19. The van der Waals surface area contributed by atoms with Crippen molar-refractivity contribution in [2.24, 2.45) is 0 Å². The topological polar surface area (TPSA) is 93.0 Å². The number of carboxylic acid groups (broad SMARTS) is 1. The molecule has 2 N–H and O–H groups in total. The molecule has 0 amide bonds. The van der Waals surface area contributed by atoms with Gasteiger partial charge in [0.05, 0.1) is 17.2 Å². The smallest absolute Gasteiger partial charge is 0.338 e. The number of pyridine rings is 1. The van der Waals surface area contributed by atoms with Gasteiger partial charge in [0, 0.05) is 47.9 Å². The third-order valence-corrected chi connectivity index (χ3v) is 6.14. The maximum absolute atomic E-state index is 14.5. The van der Waals surface area contributed by atoms with E-state index in [9.17, 15) is 18.7 Å². The zero-order valence-electron chi connectivity index (χ0n) is 17.4. The van der Waals surface area contributed by atoms with Crippen molar-refractivity contribution in [1.82, 2.24) is 19.7 Å². The highest BCUT2D eigenvalue weighted by molar-refractivity contribution is 5.93. The van der Waals surface area contributed by atoms with E-state index in [-0.39, 0.29) is 18.2 Å². The van der Waals surface area contributed by atoms with Crippen LogP contribution in [-0.4, -0.2) is 50.2 Å². The van der Waals surface area contributed by atoms with E-state index in [0.717, 1.165) is 16.8 Å². The van der Waals surface area contributed by atoms with E-state index in [2.05, 4.69) is 15.2 Å². The highest BCUT2D eigenvalue weighted by atomic mass is 19.1. The normalized spacial score (nSPS) is 16.1. The molecule has 7 nitrogen and oxygen atoms in total.